The van der Waals surface area contributed by atoms with Crippen LogP contribution in [0.5, 0.6) is 0 Å². The predicted octanol–water partition coefficient (Wildman–Crippen LogP) is 4.08. The average molecular weight is 218 g/mol. The fourth-order valence-corrected chi connectivity index (χ4v) is 1.93. The van der Waals surface area contributed by atoms with Gasteiger partial charge in [-0.15, -0.1) is 0 Å². The first-order valence-electron chi connectivity index (χ1n) is 5.61. The van der Waals surface area contributed by atoms with Gasteiger partial charge in [0.05, 0.1) is 11.2 Å². The van der Waals surface area contributed by atoms with Gasteiger partial charge in [0.2, 0.25) is 0 Å². The highest BCUT2D eigenvalue weighted by Gasteiger charge is 2.00. The van der Waals surface area contributed by atoms with Crippen LogP contribution >= 0.6 is 0 Å². The van der Waals surface area contributed by atoms with Crippen LogP contribution < -0.4 is 0 Å². The maximum atomic E-state index is 4.67. The van der Waals surface area contributed by atoms with Gasteiger partial charge in [0, 0.05) is 10.9 Å². The smallest absolute Gasteiger partial charge is 0.0712 e. The molecule has 3 aromatic rings. The Labute approximate surface area is 101 Å². The van der Waals surface area contributed by atoms with Gasteiger partial charge in [-0.2, -0.15) is 0 Å². The third-order valence-electron chi connectivity index (χ3n) is 2.83. The summed E-state index contributed by atoms with van der Waals surface area (Å²) >= 11 is 0. The zero-order chi connectivity index (χ0) is 11.7. The molecule has 0 N–H and O–H groups in total. The van der Waals surface area contributed by atoms with E-state index in [1.54, 1.807) is 0 Å². The fraction of sp³-hybridized carbons (Fsp3) is 0. The monoisotopic (exact) mass is 218 g/mol. The van der Waals surface area contributed by atoms with Crippen LogP contribution in [0.3, 0.4) is 0 Å². The minimum atomic E-state index is 0.996. The summed E-state index contributed by atoms with van der Waals surface area (Å²) in [6.07, 6.45) is 0. The van der Waals surface area contributed by atoms with E-state index in [2.05, 4.69) is 42.2 Å². The van der Waals surface area contributed by atoms with Gasteiger partial charge in [-0.25, -0.2) is 4.98 Å². The molecule has 1 nitrogen and oxygen atoms in total. The number of aromatic nitrogens is 1. The molecule has 1 heteroatoms. The van der Waals surface area contributed by atoms with Crippen LogP contribution in [0.25, 0.3) is 22.2 Å². The molecular formula is C16H12N. The number of benzene rings is 2. The molecule has 0 unspecified atom stereocenters. The molecule has 0 bridgehead atoms. The van der Waals surface area contributed by atoms with E-state index in [4.69, 9.17) is 0 Å². The Bertz CT molecular complexity index is 657. The average Bonchev–Trinajstić information content (AvgIpc) is 2.39. The first-order valence-corrected chi connectivity index (χ1v) is 5.61. The van der Waals surface area contributed by atoms with Gasteiger partial charge in [0.25, 0.3) is 0 Å². The van der Waals surface area contributed by atoms with Gasteiger partial charge >= 0.3 is 0 Å². The van der Waals surface area contributed by atoms with E-state index >= 15 is 0 Å². The van der Waals surface area contributed by atoms with Crippen LogP contribution in [0.15, 0.2) is 60.7 Å². The molecule has 2 aromatic carbocycles. The minimum Gasteiger partial charge on any atom is -0.248 e. The Morgan fingerprint density at radius 3 is 2.41 bits per heavy atom. The van der Waals surface area contributed by atoms with Crippen molar-refractivity contribution in [2.24, 2.45) is 0 Å². The van der Waals surface area contributed by atoms with E-state index in [-0.39, 0.29) is 0 Å². The third-order valence-corrected chi connectivity index (χ3v) is 2.83. The Morgan fingerprint density at radius 2 is 1.59 bits per heavy atom. The van der Waals surface area contributed by atoms with E-state index in [0.717, 1.165) is 27.7 Å². The van der Waals surface area contributed by atoms with Crippen molar-refractivity contribution in [3.63, 3.8) is 0 Å². The van der Waals surface area contributed by atoms with Crippen molar-refractivity contribution < 1.29 is 0 Å². The molecule has 1 aromatic heterocycles. The van der Waals surface area contributed by atoms with Gasteiger partial charge < -0.3 is 0 Å². The summed E-state index contributed by atoms with van der Waals surface area (Å²) in [5, 5.41) is 1.15. The highest BCUT2D eigenvalue weighted by Crippen LogP contribution is 2.21. The molecule has 0 atom stereocenters. The van der Waals surface area contributed by atoms with Crippen molar-refractivity contribution in [3.8, 4) is 11.3 Å². The number of rotatable bonds is 1. The summed E-state index contributed by atoms with van der Waals surface area (Å²) in [5.41, 5.74) is 4.14. The van der Waals surface area contributed by atoms with Crippen molar-refractivity contribution in [1.29, 1.82) is 0 Å². The highest BCUT2D eigenvalue weighted by molar-refractivity contribution is 5.82. The lowest BCUT2D eigenvalue weighted by molar-refractivity contribution is 1.39. The predicted molar refractivity (Wildman–Crippen MR) is 71.6 cm³/mol. The topological polar surface area (TPSA) is 12.9 Å². The van der Waals surface area contributed by atoms with Crippen molar-refractivity contribution in [2.75, 3.05) is 0 Å². The molecule has 0 amide bonds. The van der Waals surface area contributed by atoms with Crippen LogP contribution in [0.4, 0.5) is 0 Å². The normalized spacial score (nSPS) is 10.6. The van der Waals surface area contributed by atoms with Crippen LogP contribution in [0, 0.1) is 6.92 Å². The molecular weight excluding hydrogens is 206 g/mol. The Hall–Kier alpha value is -2.15. The van der Waals surface area contributed by atoms with E-state index in [9.17, 15) is 0 Å². The van der Waals surface area contributed by atoms with Crippen molar-refractivity contribution >= 4 is 10.9 Å². The molecule has 0 aliphatic heterocycles. The summed E-state index contributed by atoms with van der Waals surface area (Å²) in [5.74, 6) is 0. The van der Waals surface area contributed by atoms with Crippen molar-refractivity contribution in [1.82, 2.24) is 4.98 Å². The summed E-state index contributed by atoms with van der Waals surface area (Å²) in [6.45, 7) is 3.93. The van der Waals surface area contributed by atoms with E-state index in [0.29, 0.717) is 0 Å². The molecule has 17 heavy (non-hydrogen) atoms. The summed E-state index contributed by atoms with van der Waals surface area (Å²) in [6, 6.07) is 20.4. The fourth-order valence-electron chi connectivity index (χ4n) is 1.93. The number of fused-ring (bicyclic) bond motifs is 1. The molecule has 0 aliphatic carbocycles. The summed E-state index contributed by atoms with van der Waals surface area (Å²) in [7, 11) is 0. The van der Waals surface area contributed by atoms with Crippen LogP contribution in [0.2, 0.25) is 0 Å². The van der Waals surface area contributed by atoms with Gasteiger partial charge in [-0.1, -0.05) is 48.5 Å². The first-order chi connectivity index (χ1) is 8.33. The van der Waals surface area contributed by atoms with Gasteiger partial charge in [-0.05, 0) is 24.6 Å². The molecule has 0 saturated heterocycles. The maximum Gasteiger partial charge on any atom is 0.0712 e. The molecule has 0 saturated carbocycles. The highest BCUT2D eigenvalue weighted by atomic mass is 14.7. The third kappa shape index (κ3) is 1.92. The van der Waals surface area contributed by atoms with Crippen LogP contribution in [0.1, 0.15) is 5.56 Å². The molecule has 81 valence electrons. The van der Waals surface area contributed by atoms with Gasteiger partial charge in [0.1, 0.15) is 0 Å². The van der Waals surface area contributed by atoms with Crippen LogP contribution in [-0.4, -0.2) is 4.98 Å². The molecule has 0 spiro atoms. The minimum absolute atomic E-state index is 0.996. The lowest BCUT2D eigenvalue weighted by atomic mass is 10.1. The number of nitrogens with zero attached hydrogens (tertiary/aromatic N) is 1. The standard InChI is InChI=1S/C16H12N/c1-12-7-8-14-9-10-15(17-16(14)11-12)13-5-3-2-4-6-13/h2-11H,1H2. The number of hydrogen-bond donors (Lipinski definition) is 0. The van der Waals surface area contributed by atoms with Crippen LogP contribution in [-0.2, 0) is 0 Å². The first kappa shape index (κ1) is 10.0. The zero-order valence-corrected chi connectivity index (χ0v) is 9.43. The molecule has 1 radical (unpaired) electrons. The number of hydrogen-bond acceptors (Lipinski definition) is 1. The molecule has 1 heterocycles. The van der Waals surface area contributed by atoms with E-state index < -0.39 is 0 Å². The largest absolute Gasteiger partial charge is 0.248 e. The van der Waals surface area contributed by atoms with E-state index in [1.807, 2.05) is 30.3 Å². The van der Waals surface area contributed by atoms with Gasteiger partial charge in [-0.3, -0.25) is 0 Å². The Balaban J connectivity index is 2.19. The summed E-state index contributed by atoms with van der Waals surface area (Å²) in [4.78, 5) is 4.67. The Kier molecular flexibility index (Phi) is 2.37. The zero-order valence-electron chi connectivity index (χ0n) is 9.43. The molecule has 0 fully saturated rings. The number of pyridine rings is 1. The molecule has 0 aliphatic rings. The Morgan fingerprint density at radius 1 is 0.824 bits per heavy atom. The van der Waals surface area contributed by atoms with Crippen molar-refractivity contribution in [3.05, 3.63) is 73.2 Å². The molecule has 3 rings (SSSR count). The second-order valence-corrected chi connectivity index (χ2v) is 4.09. The second kappa shape index (κ2) is 4.02. The maximum absolute atomic E-state index is 4.67. The summed E-state index contributed by atoms with van der Waals surface area (Å²) < 4.78 is 0. The second-order valence-electron chi connectivity index (χ2n) is 4.09. The van der Waals surface area contributed by atoms with E-state index in [1.165, 1.54) is 0 Å². The lowest BCUT2D eigenvalue weighted by Crippen LogP contribution is -1.85. The SMILES string of the molecule is [CH2]c1ccc2ccc(-c3ccccc3)nc2c1. The quantitative estimate of drug-likeness (QED) is 0.599. The lowest BCUT2D eigenvalue weighted by Gasteiger charge is -2.03. The van der Waals surface area contributed by atoms with Gasteiger partial charge in [0.15, 0.2) is 0 Å². The van der Waals surface area contributed by atoms with Crippen molar-refractivity contribution in [2.45, 2.75) is 0 Å².